The molecule has 0 heterocycles. The summed E-state index contributed by atoms with van der Waals surface area (Å²) >= 11 is 0. The molecule has 2 N–H and O–H groups in total. The van der Waals surface area contributed by atoms with Gasteiger partial charge in [0.15, 0.2) is 0 Å². The SMILES string of the molecule is C#CCNC1(O)CCC(=C/C=C)/C1=C\C=C/C. The van der Waals surface area contributed by atoms with E-state index >= 15 is 0 Å². The molecule has 0 amide bonds. The van der Waals surface area contributed by atoms with Crippen LogP contribution in [0.1, 0.15) is 19.8 Å². The van der Waals surface area contributed by atoms with Gasteiger partial charge in [0.25, 0.3) is 0 Å². The van der Waals surface area contributed by atoms with Gasteiger partial charge in [0.05, 0.1) is 6.54 Å². The number of allylic oxidation sites excluding steroid dienone is 5. The van der Waals surface area contributed by atoms with E-state index in [0.29, 0.717) is 13.0 Å². The Labute approximate surface area is 103 Å². The summed E-state index contributed by atoms with van der Waals surface area (Å²) in [5.74, 6) is 2.49. The van der Waals surface area contributed by atoms with Gasteiger partial charge < -0.3 is 5.11 Å². The zero-order valence-corrected chi connectivity index (χ0v) is 10.2. The van der Waals surface area contributed by atoms with Crippen molar-refractivity contribution in [2.24, 2.45) is 0 Å². The van der Waals surface area contributed by atoms with Crippen LogP contribution in [0.4, 0.5) is 0 Å². The minimum atomic E-state index is -1.01. The fourth-order valence-electron chi connectivity index (χ4n) is 1.98. The lowest BCUT2D eigenvalue weighted by molar-refractivity contribution is 0.0538. The van der Waals surface area contributed by atoms with Gasteiger partial charge in [-0.15, -0.1) is 6.42 Å². The first kappa shape index (κ1) is 13.5. The van der Waals surface area contributed by atoms with Gasteiger partial charge in [-0.25, -0.2) is 0 Å². The average Bonchev–Trinajstić information content (AvgIpc) is 2.63. The molecule has 2 nitrogen and oxygen atoms in total. The summed E-state index contributed by atoms with van der Waals surface area (Å²) in [5, 5.41) is 13.5. The summed E-state index contributed by atoms with van der Waals surface area (Å²) in [4.78, 5) is 0. The summed E-state index contributed by atoms with van der Waals surface area (Å²) in [6.45, 7) is 5.99. The first-order chi connectivity index (χ1) is 8.18. The number of terminal acetylenes is 1. The van der Waals surface area contributed by atoms with E-state index in [2.05, 4.69) is 17.8 Å². The summed E-state index contributed by atoms with van der Waals surface area (Å²) in [6.07, 6.45) is 16.1. The monoisotopic (exact) mass is 229 g/mol. The molecule has 0 aliphatic heterocycles. The van der Waals surface area contributed by atoms with E-state index in [1.165, 1.54) is 0 Å². The maximum Gasteiger partial charge on any atom is 0.143 e. The van der Waals surface area contributed by atoms with E-state index in [1.54, 1.807) is 6.08 Å². The Balaban J connectivity index is 3.04. The van der Waals surface area contributed by atoms with Crippen LogP contribution in [-0.2, 0) is 0 Å². The second kappa shape index (κ2) is 6.24. The van der Waals surface area contributed by atoms with Crippen LogP contribution in [-0.4, -0.2) is 17.4 Å². The van der Waals surface area contributed by atoms with Gasteiger partial charge in [0.1, 0.15) is 5.72 Å². The van der Waals surface area contributed by atoms with Crippen LogP contribution in [0.25, 0.3) is 0 Å². The Hall–Kier alpha value is -1.56. The highest BCUT2D eigenvalue weighted by molar-refractivity contribution is 5.46. The van der Waals surface area contributed by atoms with Gasteiger partial charge >= 0.3 is 0 Å². The largest absolute Gasteiger partial charge is 0.372 e. The molecule has 0 aromatic carbocycles. The van der Waals surface area contributed by atoms with E-state index in [1.807, 2.05) is 31.2 Å². The predicted molar refractivity (Wildman–Crippen MR) is 72.2 cm³/mol. The van der Waals surface area contributed by atoms with Crippen molar-refractivity contribution in [3.05, 3.63) is 48.1 Å². The standard InChI is InChI=1S/C15H19NO/c1-4-7-9-14-13(8-5-2)10-11-15(14,17)16-12-6-3/h3-5,7-9,16-17H,2,10-12H2,1H3/b7-4-,13-8-,14-9+. The van der Waals surface area contributed by atoms with Crippen molar-refractivity contribution >= 4 is 0 Å². The number of rotatable bonds is 4. The Morgan fingerprint density at radius 3 is 2.94 bits per heavy atom. The first-order valence-electron chi connectivity index (χ1n) is 5.74. The first-order valence-corrected chi connectivity index (χ1v) is 5.74. The smallest absolute Gasteiger partial charge is 0.143 e. The van der Waals surface area contributed by atoms with Gasteiger partial charge in [0, 0.05) is 5.57 Å². The van der Waals surface area contributed by atoms with Gasteiger partial charge in [-0.3, -0.25) is 5.32 Å². The van der Waals surface area contributed by atoms with Crippen LogP contribution >= 0.6 is 0 Å². The van der Waals surface area contributed by atoms with E-state index in [4.69, 9.17) is 6.42 Å². The van der Waals surface area contributed by atoms with E-state index < -0.39 is 5.72 Å². The normalized spacial score (nSPS) is 29.0. The van der Waals surface area contributed by atoms with Gasteiger partial charge in [-0.05, 0) is 25.3 Å². The zero-order valence-electron chi connectivity index (χ0n) is 10.2. The Bertz CT molecular complexity index is 409. The molecule has 1 aliphatic rings. The second-order valence-electron chi connectivity index (χ2n) is 3.95. The van der Waals surface area contributed by atoms with Crippen LogP contribution in [0.15, 0.2) is 48.1 Å². The topological polar surface area (TPSA) is 32.3 Å². The quantitative estimate of drug-likeness (QED) is 0.572. The molecule has 1 rings (SSSR count). The summed E-state index contributed by atoms with van der Waals surface area (Å²) in [5.41, 5.74) is 0.969. The molecule has 0 saturated heterocycles. The van der Waals surface area contributed by atoms with Crippen LogP contribution < -0.4 is 5.32 Å². The van der Waals surface area contributed by atoms with E-state index in [9.17, 15) is 5.11 Å². The van der Waals surface area contributed by atoms with Crippen molar-refractivity contribution in [3.8, 4) is 12.3 Å². The highest BCUT2D eigenvalue weighted by Crippen LogP contribution is 2.37. The van der Waals surface area contributed by atoms with E-state index in [-0.39, 0.29) is 0 Å². The Kier molecular flexibility index (Phi) is 4.96. The fraction of sp³-hybridized carbons (Fsp3) is 0.333. The molecule has 1 atom stereocenters. The third kappa shape index (κ3) is 3.20. The van der Waals surface area contributed by atoms with Crippen molar-refractivity contribution in [1.29, 1.82) is 0 Å². The third-order valence-corrected chi connectivity index (χ3v) is 2.80. The minimum Gasteiger partial charge on any atom is -0.372 e. The summed E-state index contributed by atoms with van der Waals surface area (Å²) in [7, 11) is 0. The molecule has 1 saturated carbocycles. The van der Waals surface area contributed by atoms with Crippen molar-refractivity contribution in [1.82, 2.24) is 5.32 Å². The lowest BCUT2D eigenvalue weighted by atomic mass is 10.0. The van der Waals surface area contributed by atoms with Gasteiger partial charge in [0.2, 0.25) is 0 Å². The molecule has 1 unspecified atom stereocenters. The number of aliphatic hydroxyl groups is 1. The molecule has 1 aliphatic carbocycles. The van der Waals surface area contributed by atoms with Crippen LogP contribution in [0, 0.1) is 12.3 Å². The van der Waals surface area contributed by atoms with Crippen LogP contribution in [0.3, 0.4) is 0 Å². The lowest BCUT2D eigenvalue weighted by Gasteiger charge is -2.25. The molecule has 17 heavy (non-hydrogen) atoms. The van der Waals surface area contributed by atoms with Crippen molar-refractivity contribution in [3.63, 3.8) is 0 Å². The molecule has 0 bridgehead atoms. The van der Waals surface area contributed by atoms with Crippen molar-refractivity contribution < 1.29 is 5.11 Å². The number of hydrogen-bond donors (Lipinski definition) is 2. The minimum absolute atomic E-state index is 0.352. The molecule has 0 aromatic heterocycles. The highest BCUT2D eigenvalue weighted by atomic mass is 16.3. The van der Waals surface area contributed by atoms with Crippen LogP contribution in [0.5, 0.6) is 0 Å². The molecule has 90 valence electrons. The fourth-order valence-corrected chi connectivity index (χ4v) is 1.98. The van der Waals surface area contributed by atoms with Crippen molar-refractivity contribution in [2.75, 3.05) is 6.54 Å². The number of nitrogens with one attached hydrogen (secondary N) is 1. The third-order valence-electron chi connectivity index (χ3n) is 2.80. The second-order valence-corrected chi connectivity index (χ2v) is 3.95. The highest BCUT2D eigenvalue weighted by Gasteiger charge is 2.37. The Morgan fingerprint density at radius 1 is 1.59 bits per heavy atom. The maximum absolute atomic E-state index is 10.5. The zero-order chi connectivity index (χ0) is 12.7. The Morgan fingerprint density at radius 2 is 2.35 bits per heavy atom. The molecular weight excluding hydrogens is 210 g/mol. The lowest BCUT2D eigenvalue weighted by Crippen LogP contribution is -2.44. The summed E-state index contributed by atoms with van der Waals surface area (Å²) < 4.78 is 0. The van der Waals surface area contributed by atoms with Crippen LogP contribution in [0.2, 0.25) is 0 Å². The maximum atomic E-state index is 10.5. The molecular formula is C15H19NO. The molecule has 1 fully saturated rings. The molecule has 0 spiro atoms. The molecule has 0 radical (unpaired) electrons. The average molecular weight is 229 g/mol. The van der Waals surface area contributed by atoms with Gasteiger partial charge in [-0.2, -0.15) is 0 Å². The predicted octanol–water partition coefficient (Wildman–Crippen LogP) is 2.31. The summed E-state index contributed by atoms with van der Waals surface area (Å²) in [6, 6.07) is 0. The molecule has 2 heteroatoms. The number of hydrogen-bond acceptors (Lipinski definition) is 2. The molecule has 0 aromatic rings. The van der Waals surface area contributed by atoms with Gasteiger partial charge in [-0.1, -0.05) is 42.9 Å². The van der Waals surface area contributed by atoms with Crippen molar-refractivity contribution in [2.45, 2.75) is 25.5 Å². The van der Waals surface area contributed by atoms with E-state index in [0.717, 1.165) is 17.6 Å².